The van der Waals surface area contributed by atoms with E-state index in [1.54, 1.807) is 0 Å². The third kappa shape index (κ3) is 2.72. The molecule has 0 N–H and O–H groups in total. The molecular formula is C14H17IN2O2. The highest BCUT2D eigenvalue weighted by molar-refractivity contribution is 14.1. The summed E-state index contributed by atoms with van der Waals surface area (Å²) in [4.78, 5) is 0. The van der Waals surface area contributed by atoms with Crippen LogP contribution in [0.25, 0.3) is 10.9 Å². The van der Waals surface area contributed by atoms with Gasteiger partial charge < -0.3 is 9.47 Å². The van der Waals surface area contributed by atoms with Crippen LogP contribution in [0.5, 0.6) is 5.75 Å². The van der Waals surface area contributed by atoms with Gasteiger partial charge in [-0.05, 0) is 31.4 Å². The van der Waals surface area contributed by atoms with Gasteiger partial charge in [0.1, 0.15) is 5.75 Å². The monoisotopic (exact) mass is 372 g/mol. The number of halogens is 1. The maximum absolute atomic E-state index is 5.81. The third-order valence-electron chi connectivity index (χ3n) is 3.36. The average Bonchev–Trinajstić information content (AvgIpc) is 2.90. The molecule has 2 aromatic rings. The highest BCUT2D eigenvalue weighted by Gasteiger charge is 2.19. The minimum Gasteiger partial charge on any atom is -0.492 e. The molecule has 2 heterocycles. The van der Waals surface area contributed by atoms with Crippen LogP contribution in [-0.2, 0) is 4.74 Å². The van der Waals surface area contributed by atoms with E-state index in [1.165, 1.54) is 6.42 Å². The zero-order chi connectivity index (χ0) is 13.1. The van der Waals surface area contributed by atoms with E-state index in [4.69, 9.17) is 9.47 Å². The van der Waals surface area contributed by atoms with Crippen molar-refractivity contribution in [3.63, 3.8) is 0 Å². The number of benzene rings is 1. The fourth-order valence-electron chi connectivity index (χ4n) is 2.46. The van der Waals surface area contributed by atoms with Gasteiger partial charge in [0.25, 0.3) is 0 Å². The number of nitrogens with zero attached hydrogens (tertiary/aromatic N) is 2. The zero-order valence-corrected chi connectivity index (χ0v) is 12.9. The summed E-state index contributed by atoms with van der Waals surface area (Å²) in [5.41, 5.74) is 1.10. The van der Waals surface area contributed by atoms with Crippen molar-refractivity contribution >= 4 is 33.5 Å². The van der Waals surface area contributed by atoms with Crippen molar-refractivity contribution in [1.29, 1.82) is 0 Å². The first-order chi connectivity index (χ1) is 9.40. The Morgan fingerprint density at radius 1 is 1.42 bits per heavy atom. The minimum atomic E-state index is 0.0751. The molecular weight excluding hydrogens is 355 g/mol. The van der Waals surface area contributed by atoms with Crippen LogP contribution in [0.4, 0.5) is 0 Å². The summed E-state index contributed by atoms with van der Waals surface area (Å²) in [6, 6.07) is 6.10. The van der Waals surface area contributed by atoms with Gasteiger partial charge in [-0.3, -0.25) is 0 Å². The molecule has 1 atom stereocenters. The van der Waals surface area contributed by atoms with Gasteiger partial charge in [0.2, 0.25) is 0 Å². The fourth-order valence-corrected chi connectivity index (χ4v) is 2.68. The molecule has 0 bridgehead atoms. The highest BCUT2D eigenvalue weighted by atomic mass is 127. The first-order valence-electron chi connectivity index (χ1n) is 6.67. The van der Waals surface area contributed by atoms with Crippen molar-refractivity contribution in [3.8, 4) is 5.75 Å². The van der Waals surface area contributed by atoms with Crippen molar-refractivity contribution in [3.05, 3.63) is 24.4 Å². The molecule has 1 saturated heterocycles. The van der Waals surface area contributed by atoms with Gasteiger partial charge in [-0.2, -0.15) is 5.10 Å². The Hall–Kier alpha value is -0.820. The molecule has 1 aliphatic heterocycles. The molecule has 0 spiro atoms. The molecule has 1 aliphatic rings. The molecule has 0 radical (unpaired) electrons. The van der Waals surface area contributed by atoms with Gasteiger partial charge in [-0.1, -0.05) is 28.7 Å². The van der Waals surface area contributed by atoms with Gasteiger partial charge in [0.15, 0.2) is 6.23 Å². The van der Waals surface area contributed by atoms with Crippen LogP contribution in [0, 0.1) is 0 Å². The number of fused-ring (bicyclic) bond motifs is 1. The number of ether oxygens (including phenoxy) is 2. The van der Waals surface area contributed by atoms with Crippen molar-refractivity contribution in [1.82, 2.24) is 9.78 Å². The minimum absolute atomic E-state index is 0.0751. The van der Waals surface area contributed by atoms with Crippen LogP contribution in [0.2, 0.25) is 0 Å². The average molecular weight is 372 g/mol. The highest BCUT2D eigenvalue weighted by Crippen LogP contribution is 2.30. The first-order valence-corrected chi connectivity index (χ1v) is 8.19. The molecule has 1 aromatic heterocycles. The van der Waals surface area contributed by atoms with E-state index in [0.29, 0.717) is 0 Å². The Morgan fingerprint density at radius 2 is 2.37 bits per heavy atom. The van der Waals surface area contributed by atoms with Gasteiger partial charge in [0, 0.05) is 11.0 Å². The Labute approximate surface area is 126 Å². The third-order valence-corrected chi connectivity index (χ3v) is 3.80. The van der Waals surface area contributed by atoms with Crippen LogP contribution in [0.3, 0.4) is 0 Å². The number of hydrogen-bond acceptors (Lipinski definition) is 3. The molecule has 0 saturated carbocycles. The quantitative estimate of drug-likeness (QED) is 0.609. The molecule has 0 amide bonds. The maximum atomic E-state index is 5.81. The maximum Gasteiger partial charge on any atom is 0.150 e. The van der Waals surface area contributed by atoms with Gasteiger partial charge in [-0.15, -0.1) is 0 Å². The summed E-state index contributed by atoms with van der Waals surface area (Å²) >= 11 is 2.31. The predicted octanol–water partition coefficient (Wildman–Crippen LogP) is 3.55. The Morgan fingerprint density at radius 3 is 3.16 bits per heavy atom. The second kappa shape index (κ2) is 6.09. The number of rotatable bonds is 4. The van der Waals surface area contributed by atoms with E-state index in [1.807, 2.05) is 23.0 Å². The molecule has 4 nitrogen and oxygen atoms in total. The van der Waals surface area contributed by atoms with E-state index < -0.39 is 0 Å². The lowest BCUT2D eigenvalue weighted by Crippen LogP contribution is -2.18. The lowest BCUT2D eigenvalue weighted by atomic mass is 10.2. The molecule has 0 aliphatic carbocycles. The second-order valence-electron chi connectivity index (χ2n) is 4.64. The second-order valence-corrected chi connectivity index (χ2v) is 5.72. The molecule has 102 valence electrons. The predicted molar refractivity (Wildman–Crippen MR) is 83.0 cm³/mol. The van der Waals surface area contributed by atoms with Crippen molar-refractivity contribution in [2.45, 2.75) is 25.5 Å². The van der Waals surface area contributed by atoms with Crippen LogP contribution in [0.15, 0.2) is 24.4 Å². The summed E-state index contributed by atoms with van der Waals surface area (Å²) in [6.07, 6.45) is 5.36. The van der Waals surface area contributed by atoms with E-state index in [9.17, 15) is 0 Å². The van der Waals surface area contributed by atoms with Crippen LogP contribution in [0.1, 0.15) is 25.5 Å². The van der Waals surface area contributed by atoms with Crippen LogP contribution >= 0.6 is 22.6 Å². The summed E-state index contributed by atoms with van der Waals surface area (Å²) in [5.74, 6) is 0.913. The van der Waals surface area contributed by atoms with Crippen LogP contribution in [-0.4, -0.2) is 27.4 Å². The summed E-state index contributed by atoms with van der Waals surface area (Å²) in [7, 11) is 0. The number of alkyl halides is 1. The number of aromatic nitrogens is 2. The van der Waals surface area contributed by atoms with Crippen LogP contribution < -0.4 is 4.74 Å². The molecule has 19 heavy (non-hydrogen) atoms. The van der Waals surface area contributed by atoms with Gasteiger partial charge >= 0.3 is 0 Å². The summed E-state index contributed by atoms with van der Waals surface area (Å²) in [5, 5.41) is 5.57. The first kappa shape index (κ1) is 13.2. The van der Waals surface area contributed by atoms with Crippen molar-refractivity contribution < 1.29 is 9.47 Å². The van der Waals surface area contributed by atoms with Gasteiger partial charge in [0.05, 0.1) is 23.7 Å². The normalized spacial score (nSPS) is 19.7. The van der Waals surface area contributed by atoms with E-state index in [0.717, 1.165) is 47.1 Å². The molecule has 3 rings (SSSR count). The van der Waals surface area contributed by atoms with Crippen molar-refractivity contribution in [2.75, 3.05) is 17.6 Å². The Kier molecular flexibility index (Phi) is 4.22. The fraction of sp³-hybridized carbons (Fsp3) is 0.500. The standard InChI is InChI=1S/C14H17IN2O2/c15-7-9-18-13-5-3-4-12-11(13)10-16-17(12)14-6-1-2-8-19-14/h3-5,10,14H,1-2,6-9H2. The Bertz CT molecular complexity index is 549. The lowest BCUT2D eigenvalue weighted by Gasteiger charge is -2.23. The largest absolute Gasteiger partial charge is 0.492 e. The molecule has 5 heteroatoms. The van der Waals surface area contributed by atoms with E-state index >= 15 is 0 Å². The van der Waals surface area contributed by atoms with Gasteiger partial charge in [-0.25, -0.2) is 4.68 Å². The molecule has 1 unspecified atom stereocenters. The summed E-state index contributed by atoms with van der Waals surface area (Å²) < 4.78 is 14.5. The molecule has 1 aromatic carbocycles. The van der Waals surface area contributed by atoms with Crippen molar-refractivity contribution in [2.24, 2.45) is 0 Å². The van der Waals surface area contributed by atoms with E-state index in [2.05, 4.69) is 33.8 Å². The molecule has 1 fully saturated rings. The summed E-state index contributed by atoms with van der Waals surface area (Å²) in [6.45, 7) is 1.56. The number of hydrogen-bond donors (Lipinski definition) is 0. The smallest absolute Gasteiger partial charge is 0.150 e. The Balaban J connectivity index is 1.94. The zero-order valence-electron chi connectivity index (χ0n) is 10.7. The van der Waals surface area contributed by atoms with E-state index in [-0.39, 0.29) is 6.23 Å². The lowest BCUT2D eigenvalue weighted by molar-refractivity contribution is -0.0366. The SMILES string of the molecule is ICCOc1cccc2c1cnn2C1CCCCO1. The topological polar surface area (TPSA) is 36.3 Å².